The number of hydrogen-bond donors (Lipinski definition) is 3. The highest BCUT2D eigenvalue weighted by atomic mass is 79.9. The Morgan fingerprint density at radius 1 is 1.11 bits per heavy atom. The van der Waals surface area contributed by atoms with Crippen LogP contribution in [0, 0.1) is 11.7 Å². The Morgan fingerprint density at radius 3 is 2.63 bits per heavy atom. The van der Waals surface area contributed by atoms with Crippen molar-refractivity contribution in [2.75, 3.05) is 26.2 Å². The normalized spacial score (nSPS) is 20.7. The highest BCUT2D eigenvalue weighted by Gasteiger charge is 2.35. The third kappa shape index (κ3) is 5.83. The first kappa shape index (κ1) is 27.9. The summed E-state index contributed by atoms with van der Waals surface area (Å²) in [6, 6.07) is 7.85. The van der Waals surface area contributed by atoms with Gasteiger partial charge in [0, 0.05) is 30.0 Å². The third-order valence-corrected chi connectivity index (χ3v) is 7.16. The van der Waals surface area contributed by atoms with Crippen LogP contribution in [0.2, 0.25) is 0 Å². The fourth-order valence-electron chi connectivity index (χ4n) is 5.31. The Kier molecular flexibility index (Phi) is 9.56. The van der Waals surface area contributed by atoms with Gasteiger partial charge in [-0.2, -0.15) is 0 Å². The molecule has 0 amide bonds. The maximum atomic E-state index is 13.3. The molecular weight excluding hydrogens is 585 g/mol. The van der Waals surface area contributed by atoms with Crippen LogP contribution in [-0.4, -0.2) is 52.6 Å². The van der Waals surface area contributed by atoms with Gasteiger partial charge < -0.3 is 30.1 Å². The minimum Gasteiger partial charge on any atom is -0.504 e. The smallest absolute Gasteiger partial charge is 0.170 e. The molecular formula is C25H32Br2FN3O4. The van der Waals surface area contributed by atoms with Gasteiger partial charge >= 0.3 is 0 Å². The molecule has 3 aromatic rings. The van der Waals surface area contributed by atoms with Gasteiger partial charge in [-0.3, -0.25) is 0 Å². The maximum absolute atomic E-state index is 13.3. The van der Waals surface area contributed by atoms with Crippen molar-refractivity contribution in [3.8, 4) is 11.5 Å². The number of likely N-dealkylation sites (tertiary alicyclic amines) is 1. The summed E-state index contributed by atoms with van der Waals surface area (Å²) in [5.41, 5.74) is 8.97. The van der Waals surface area contributed by atoms with Gasteiger partial charge in [0.15, 0.2) is 17.1 Å². The molecule has 2 aliphatic rings. The van der Waals surface area contributed by atoms with Crippen molar-refractivity contribution in [3.05, 3.63) is 53.0 Å². The number of ether oxygens (including phenoxy) is 1. The van der Waals surface area contributed by atoms with Gasteiger partial charge in [-0.05, 0) is 75.0 Å². The molecule has 5 rings (SSSR count). The second-order valence-corrected chi connectivity index (χ2v) is 9.16. The molecule has 0 unspecified atom stereocenters. The number of fused-ring (bicyclic) bond motifs is 2. The van der Waals surface area contributed by atoms with Gasteiger partial charge in [-0.15, -0.1) is 34.0 Å². The number of aromatic hydroxyl groups is 2. The predicted molar refractivity (Wildman–Crippen MR) is 142 cm³/mol. The molecule has 4 N–H and O–H groups in total. The zero-order valence-corrected chi connectivity index (χ0v) is 22.8. The summed E-state index contributed by atoms with van der Waals surface area (Å²) in [5.74, 6) is -0.0623. The van der Waals surface area contributed by atoms with Gasteiger partial charge in [0.25, 0.3) is 0 Å². The van der Waals surface area contributed by atoms with E-state index in [-0.39, 0.29) is 63.5 Å². The predicted octanol–water partition coefficient (Wildman–Crippen LogP) is 4.82. The first-order chi connectivity index (χ1) is 16.0. The van der Waals surface area contributed by atoms with Crippen molar-refractivity contribution < 1.29 is 23.9 Å². The fourth-order valence-corrected chi connectivity index (χ4v) is 5.31. The second-order valence-electron chi connectivity index (χ2n) is 9.16. The van der Waals surface area contributed by atoms with Crippen LogP contribution < -0.4 is 5.73 Å². The van der Waals surface area contributed by atoms with Crippen molar-refractivity contribution in [2.24, 2.45) is 11.7 Å². The van der Waals surface area contributed by atoms with Crippen molar-refractivity contribution in [1.29, 1.82) is 0 Å². The molecule has 1 saturated heterocycles. The molecule has 192 valence electrons. The number of aromatic nitrogens is 1. The molecule has 1 fully saturated rings. The van der Waals surface area contributed by atoms with Crippen LogP contribution in [0.3, 0.4) is 0 Å². The average molecular weight is 617 g/mol. The van der Waals surface area contributed by atoms with E-state index in [4.69, 9.17) is 15.0 Å². The average Bonchev–Trinajstić information content (AvgIpc) is 3.23. The van der Waals surface area contributed by atoms with E-state index in [9.17, 15) is 14.6 Å². The molecule has 2 aromatic carbocycles. The molecule has 7 nitrogen and oxygen atoms in total. The third-order valence-electron chi connectivity index (χ3n) is 7.16. The Labute approximate surface area is 224 Å². The van der Waals surface area contributed by atoms with E-state index in [2.05, 4.69) is 10.1 Å². The van der Waals surface area contributed by atoms with E-state index in [0.29, 0.717) is 24.5 Å². The Bertz CT molecular complexity index is 1140. The fraction of sp³-hybridized carbons (Fsp3) is 0.480. The van der Waals surface area contributed by atoms with Gasteiger partial charge in [0.1, 0.15) is 5.82 Å². The molecule has 2 aliphatic heterocycles. The number of aryl methyl sites for hydroxylation is 1. The lowest BCUT2D eigenvalue weighted by Crippen LogP contribution is -2.42. The van der Waals surface area contributed by atoms with Crippen LogP contribution in [0.5, 0.6) is 11.5 Å². The zero-order valence-electron chi connectivity index (χ0n) is 19.4. The zero-order chi connectivity index (χ0) is 22.9. The molecule has 0 aliphatic carbocycles. The topological polar surface area (TPSA) is 105 Å². The lowest BCUT2D eigenvalue weighted by Gasteiger charge is -2.40. The summed E-state index contributed by atoms with van der Waals surface area (Å²) in [7, 11) is 0. The summed E-state index contributed by atoms with van der Waals surface area (Å²) in [5, 5.41) is 25.3. The first-order valence-electron chi connectivity index (χ1n) is 11.7. The van der Waals surface area contributed by atoms with Gasteiger partial charge in [0.2, 0.25) is 0 Å². The summed E-state index contributed by atoms with van der Waals surface area (Å²) in [6.07, 6.45) is 4.11. The number of nitrogens with zero attached hydrogens (tertiary/aromatic N) is 2. The van der Waals surface area contributed by atoms with Crippen molar-refractivity contribution in [1.82, 2.24) is 10.1 Å². The van der Waals surface area contributed by atoms with Crippen LogP contribution in [0.15, 0.2) is 34.9 Å². The summed E-state index contributed by atoms with van der Waals surface area (Å²) in [6.45, 7) is 3.29. The number of rotatable bonds is 6. The van der Waals surface area contributed by atoms with E-state index >= 15 is 0 Å². The highest BCUT2D eigenvalue weighted by molar-refractivity contribution is 8.93. The van der Waals surface area contributed by atoms with Gasteiger partial charge in [-0.25, -0.2) is 4.39 Å². The van der Waals surface area contributed by atoms with Crippen LogP contribution in [0.4, 0.5) is 4.39 Å². The molecule has 0 radical (unpaired) electrons. The minimum atomic E-state index is -0.316. The van der Waals surface area contributed by atoms with Gasteiger partial charge in [-0.1, -0.05) is 11.2 Å². The number of nitrogens with two attached hydrogens (primary N) is 1. The van der Waals surface area contributed by atoms with E-state index in [1.54, 1.807) is 12.1 Å². The van der Waals surface area contributed by atoms with Crippen molar-refractivity contribution in [3.63, 3.8) is 0 Å². The van der Waals surface area contributed by atoms with Crippen LogP contribution in [0.25, 0.3) is 11.0 Å². The number of piperidine rings is 1. The lowest BCUT2D eigenvalue weighted by molar-refractivity contribution is -0.0647. The summed E-state index contributed by atoms with van der Waals surface area (Å²) >= 11 is 0. The number of halogens is 3. The highest BCUT2D eigenvalue weighted by Crippen LogP contribution is 2.42. The second kappa shape index (κ2) is 12.0. The number of phenolic OH excluding ortho intramolecular Hbond substituents is 2. The van der Waals surface area contributed by atoms with Gasteiger partial charge in [0.05, 0.1) is 17.9 Å². The quantitative estimate of drug-likeness (QED) is 0.341. The molecule has 0 saturated carbocycles. The summed E-state index contributed by atoms with van der Waals surface area (Å²) in [4.78, 5) is 2.46. The minimum absolute atomic E-state index is 0. The maximum Gasteiger partial charge on any atom is 0.170 e. The SMILES string of the molecule is Br.Br.NC[C@H]1O[C@@H](C2CCN(CCCc3noc4cc(F)ccc34)CC2)Cc2c1ccc(O)c2O. The monoisotopic (exact) mass is 615 g/mol. The summed E-state index contributed by atoms with van der Waals surface area (Å²) < 4.78 is 24.9. The van der Waals surface area contributed by atoms with Crippen LogP contribution in [0.1, 0.15) is 42.2 Å². The van der Waals surface area contributed by atoms with E-state index < -0.39 is 0 Å². The molecule has 0 spiro atoms. The molecule has 3 heterocycles. The molecule has 1 aromatic heterocycles. The van der Waals surface area contributed by atoms with E-state index in [1.165, 1.54) is 18.2 Å². The lowest BCUT2D eigenvalue weighted by atomic mass is 9.83. The number of hydrogen-bond acceptors (Lipinski definition) is 7. The Hall–Kier alpha value is -1.72. The number of benzene rings is 2. The molecule has 35 heavy (non-hydrogen) atoms. The molecule has 10 heteroatoms. The molecule has 2 atom stereocenters. The molecule has 0 bridgehead atoms. The standard InChI is InChI=1S/C25H30FN3O4.2BrH/c26-16-3-4-18-20(28-33-23(18)12-16)2-1-9-29-10-7-15(8-11-29)22-13-19-17(24(14-27)32-22)5-6-21(30)25(19)31;;/h3-6,12,15,22,24,30-31H,1-2,7-11,13-14,27H2;2*1H/t22-,24-;;/m1../s1. The van der Waals surface area contributed by atoms with Crippen LogP contribution >= 0.6 is 34.0 Å². The van der Waals surface area contributed by atoms with Crippen LogP contribution in [-0.2, 0) is 17.6 Å². The van der Waals surface area contributed by atoms with E-state index in [1.807, 2.05) is 0 Å². The number of phenols is 2. The largest absolute Gasteiger partial charge is 0.504 e. The first-order valence-corrected chi connectivity index (χ1v) is 11.7. The Balaban J connectivity index is 0.00000171. The Morgan fingerprint density at radius 2 is 1.89 bits per heavy atom. The van der Waals surface area contributed by atoms with Crippen molar-refractivity contribution in [2.45, 2.75) is 44.3 Å². The van der Waals surface area contributed by atoms with E-state index in [0.717, 1.165) is 67.5 Å². The van der Waals surface area contributed by atoms with Crippen molar-refractivity contribution >= 4 is 44.9 Å².